The lowest BCUT2D eigenvalue weighted by molar-refractivity contribution is 0.0526. The van der Waals surface area contributed by atoms with Crippen LogP contribution in [0.3, 0.4) is 0 Å². The summed E-state index contributed by atoms with van der Waals surface area (Å²) >= 11 is 0. The first-order chi connectivity index (χ1) is 12.2. The molecular formula is C20H31FN4. The number of aryl methyl sites for hydroxylation is 1. The summed E-state index contributed by atoms with van der Waals surface area (Å²) < 4.78 is 13.2. The summed E-state index contributed by atoms with van der Waals surface area (Å²) in [6.45, 7) is 0.843. The van der Waals surface area contributed by atoms with E-state index in [0.717, 1.165) is 43.0 Å². The highest BCUT2D eigenvalue weighted by atomic mass is 19.1. The molecule has 2 N–H and O–H groups in total. The molecule has 0 radical (unpaired) electrons. The van der Waals surface area contributed by atoms with Gasteiger partial charge in [-0.25, -0.2) is 4.39 Å². The lowest BCUT2D eigenvalue weighted by Gasteiger charge is -2.47. The molecule has 0 aliphatic carbocycles. The van der Waals surface area contributed by atoms with Crippen molar-refractivity contribution in [1.82, 2.24) is 15.5 Å². The summed E-state index contributed by atoms with van der Waals surface area (Å²) in [6.07, 6.45) is 8.27. The Morgan fingerprint density at radius 1 is 1.28 bits per heavy atom. The second-order valence-electron chi connectivity index (χ2n) is 7.45. The molecular weight excluding hydrogens is 315 g/mol. The molecule has 5 heteroatoms. The molecule has 2 fully saturated rings. The van der Waals surface area contributed by atoms with Gasteiger partial charge in [-0.05, 0) is 63.3 Å². The quantitative estimate of drug-likeness (QED) is 0.489. The summed E-state index contributed by atoms with van der Waals surface area (Å²) in [4.78, 5) is 6.95. The van der Waals surface area contributed by atoms with E-state index in [-0.39, 0.29) is 5.82 Å². The number of guanidine groups is 1. The van der Waals surface area contributed by atoms with Gasteiger partial charge in [-0.1, -0.05) is 18.6 Å². The zero-order chi connectivity index (χ0) is 17.6. The predicted octanol–water partition coefficient (Wildman–Crippen LogP) is 2.94. The number of aliphatic imine (C=N–C) groups is 1. The lowest BCUT2D eigenvalue weighted by atomic mass is 9.82. The second kappa shape index (κ2) is 8.65. The summed E-state index contributed by atoms with van der Waals surface area (Å²) in [5.41, 5.74) is 1.05. The summed E-state index contributed by atoms with van der Waals surface area (Å²) in [7, 11) is 4.11. The average molecular weight is 346 g/mol. The highest BCUT2D eigenvalue weighted by Gasteiger charge is 2.36. The van der Waals surface area contributed by atoms with Gasteiger partial charge < -0.3 is 15.5 Å². The third kappa shape index (κ3) is 4.94. The number of hydrogen-bond donors (Lipinski definition) is 2. The summed E-state index contributed by atoms with van der Waals surface area (Å²) in [5.74, 6) is 0.739. The van der Waals surface area contributed by atoms with Gasteiger partial charge in [0.1, 0.15) is 5.82 Å². The van der Waals surface area contributed by atoms with Crippen LogP contribution in [0.1, 0.15) is 44.1 Å². The van der Waals surface area contributed by atoms with Gasteiger partial charge in [0.05, 0.1) is 0 Å². The maximum absolute atomic E-state index is 13.2. The molecule has 2 bridgehead atoms. The minimum absolute atomic E-state index is 0.157. The maximum Gasteiger partial charge on any atom is 0.191 e. The third-order valence-electron chi connectivity index (χ3n) is 5.73. The van der Waals surface area contributed by atoms with E-state index in [4.69, 9.17) is 0 Å². The van der Waals surface area contributed by atoms with Crippen molar-refractivity contribution in [3.63, 3.8) is 0 Å². The average Bonchev–Trinajstić information content (AvgIpc) is 2.58. The van der Waals surface area contributed by atoms with Gasteiger partial charge >= 0.3 is 0 Å². The largest absolute Gasteiger partial charge is 0.356 e. The van der Waals surface area contributed by atoms with Crippen LogP contribution in [0.4, 0.5) is 4.39 Å². The van der Waals surface area contributed by atoms with E-state index in [0.29, 0.717) is 6.04 Å². The SMILES string of the molecule is CN=C(NCCCc1cccc(F)c1)NC1CC2CCCC(C1)N2C. The molecule has 0 spiro atoms. The highest BCUT2D eigenvalue weighted by Crippen LogP contribution is 2.32. The molecule has 0 amide bonds. The summed E-state index contributed by atoms with van der Waals surface area (Å²) in [5, 5.41) is 7.02. The van der Waals surface area contributed by atoms with Crippen molar-refractivity contribution in [2.24, 2.45) is 4.99 Å². The standard InChI is InChI=1S/C20H31FN4/c1-22-20(23-11-5-7-15-6-3-8-16(21)12-15)24-17-13-18-9-4-10-19(14-17)25(18)2/h3,6,8,12,17-19H,4-5,7,9-11,13-14H2,1-2H3,(H2,22,23,24). The number of hydrogen-bond acceptors (Lipinski definition) is 2. The Kier molecular flexibility index (Phi) is 6.29. The van der Waals surface area contributed by atoms with Crippen molar-refractivity contribution in [2.75, 3.05) is 20.6 Å². The van der Waals surface area contributed by atoms with Gasteiger partial charge in [-0.3, -0.25) is 4.99 Å². The molecule has 0 saturated carbocycles. The number of nitrogens with zero attached hydrogens (tertiary/aromatic N) is 2. The minimum Gasteiger partial charge on any atom is -0.356 e. The normalized spacial score (nSPS) is 27.2. The van der Waals surface area contributed by atoms with Crippen molar-refractivity contribution in [3.05, 3.63) is 35.6 Å². The van der Waals surface area contributed by atoms with E-state index >= 15 is 0 Å². The molecule has 3 rings (SSSR count). The van der Waals surface area contributed by atoms with Gasteiger partial charge in [-0.15, -0.1) is 0 Å². The van der Waals surface area contributed by atoms with E-state index in [1.807, 2.05) is 13.1 Å². The van der Waals surface area contributed by atoms with Crippen LogP contribution in [0.25, 0.3) is 0 Å². The van der Waals surface area contributed by atoms with Crippen LogP contribution in [0.2, 0.25) is 0 Å². The highest BCUT2D eigenvalue weighted by molar-refractivity contribution is 5.79. The molecule has 138 valence electrons. The zero-order valence-electron chi connectivity index (χ0n) is 15.5. The van der Waals surface area contributed by atoms with Crippen LogP contribution in [-0.2, 0) is 6.42 Å². The monoisotopic (exact) mass is 346 g/mol. The molecule has 2 heterocycles. The van der Waals surface area contributed by atoms with Crippen LogP contribution in [0.15, 0.2) is 29.3 Å². The van der Waals surface area contributed by atoms with Crippen molar-refractivity contribution >= 4 is 5.96 Å². The van der Waals surface area contributed by atoms with Crippen LogP contribution in [-0.4, -0.2) is 49.6 Å². The van der Waals surface area contributed by atoms with E-state index in [1.54, 1.807) is 12.1 Å². The Hall–Kier alpha value is -1.62. The molecule has 1 aromatic carbocycles. The van der Waals surface area contributed by atoms with Crippen LogP contribution in [0.5, 0.6) is 0 Å². The van der Waals surface area contributed by atoms with Crippen LogP contribution < -0.4 is 10.6 Å². The van der Waals surface area contributed by atoms with E-state index < -0.39 is 0 Å². The first-order valence-corrected chi connectivity index (χ1v) is 9.59. The molecule has 2 aliphatic heterocycles. The molecule has 2 unspecified atom stereocenters. The summed E-state index contributed by atoms with van der Waals surface area (Å²) in [6, 6.07) is 8.81. The number of benzene rings is 1. The molecule has 2 saturated heterocycles. The first-order valence-electron chi connectivity index (χ1n) is 9.59. The number of rotatable bonds is 5. The topological polar surface area (TPSA) is 39.7 Å². The molecule has 2 aliphatic rings. The van der Waals surface area contributed by atoms with Crippen molar-refractivity contribution < 1.29 is 4.39 Å². The van der Waals surface area contributed by atoms with Gasteiger partial charge in [0.2, 0.25) is 0 Å². The fourth-order valence-electron chi connectivity index (χ4n) is 4.31. The number of piperidine rings is 2. The Labute approximate surface area is 150 Å². The van der Waals surface area contributed by atoms with Crippen molar-refractivity contribution in [3.8, 4) is 0 Å². The molecule has 4 nitrogen and oxygen atoms in total. The Balaban J connectivity index is 1.41. The molecule has 2 atom stereocenters. The third-order valence-corrected chi connectivity index (χ3v) is 5.73. The van der Waals surface area contributed by atoms with Crippen LogP contribution >= 0.6 is 0 Å². The minimum atomic E-state index is -0.157. The van der Waals surface area contributed by atoms with Crippen LogP contribution in [0, 0.1) is 5.82 Å². The maximum atomic E-state index is 13.2. The van der Waals surface area contributed by atoms with Gasteiger partial charge in [0.25, 0.3) is 0 Å². The van der Waals surface area contributed by atoms with Gasteiger partial charge in [0.15, 0.2) is 5.96 Å². The fraction of sp³-hybridized carbons (Fsp3) is 0.650. The van der Waals surface area contributed by atoms with Gasteiger partial charge in [0, 0.05) is 31.7 Å². The number of fused-ring (bicyclic) bond motifs is 2. The Morgan fingerprint density at radius 3 is 2.72 bits per heavy atom. The zero-order valence-corrected chi connectivity index (χ0v) is 15.5. The van der Waals surface area contributed by atoms with E-state index in [1.165, 1.54) is 38.2 Å². The predicted molar refractivity (Wildman–Crippen MR) is 101 cm³/mol. The molecule has 25 heavy (non-hydrogen) atoms. The first kappa shape index (κ1) is 18.2. The van der Waals surface area contributed by atoms with E-state index in [2.05, 4.69) is 27.6 Å². The van der Waals surface area contributed by atoms with Gasteiger partial charge in [-0.2, -0.15) is 0 Å². The van der Waals surface area contributed by atoms with Crippen molar-refractivity contribution in [2.45, 2.75) is 63.1 Å². The molecule has 1 aromatic rings. The molecule has 0 aromatic heterocycles. The Bertz CT molecular complexity index is 575. The fourth-order valence-corrected chi connectivity index (χ4v) is 4.31. The Morgan fingerprint density at radius 2 is 2.04 bits per heavy atom. The lowest BCUT2D eigenvalue weighted by Crippen LogP contribution is -2.56. The number of nitrogens with one attached hydrogen (secondary N) is 2. The number of halogens is 1. The smallest absolute Gasteiger partial charge is 0.191 e. The van der Waals surface area contributed by atoms with Crippen molar-refractivity contribution in [1.29, 1.82) is 0 Å². The van der Waals surface area contributed by atoms with E-state index in [9.17, 15) is 4.39 Å². The second-order valence-corrected chi connectivity index (χ2v) is 7.45.